The van der Waals surface area contributed by atoms with Crippen LogP contribution in [0.4, 0.5) is 5.00 Å². The van der Waals surface area contributed by atoms with Gasteiger partial charge in [0.2, 0.25) is 5.91 Å². The molecule has 1 atom stereocenters. The average molecular weight is 337 g/mol. The summed E-state index contributed by atoms with van der Waals surface area (Å²) in [6, 6.07) is 0. The van der Waals surface area contributed by atoms with E-state index in [2.05, 4.69) is 12.2 Å². The van der Waals surface area contributed by atoms with Gasteiger partial charge in [0.25, 0.3) is 5.91 Å². The van der Waals surface area contributed by atoms with E-state index in [0.717, 1.165) is 37.7 Å². The normalized spacial score (nSPS) is 17.1. The van der Waals surface area contributed by atoms with Crippen molar-refractivity contribution in [1.29, 1.82) is 0 Å². The number of nitrogens with one attached hydrogen (secondary N) is 1. The Morgan fingerprint density at radius 2 is 2.00 bits per heavy atom. The van der Waals surface area contributed by atoms with Crippen molar-refractivity contribution in [3.63, 3.8) is 0 Å². The Morgan fingerprint density at radius 1 is 1.30 bits per heavy atom. The molecule has 0 spiro atoms. The summed E-state index contributed by atoms with van der Waals surface area (Å²) >= 11 is 1.55. The Bertz CT molecular complexity index is 576. The van der Waals surface area contributed by atoms with Gasteiger partial charge in [-0.15, -0.1) is 11.3 Å². The molecule has 0 aromatic carbocycles. The van der Waals surface area contributed by atoms with Gasteiger partial charge in [0.05, 0.1) is 5.56 Å². The van der Waals surface area contributed by atoms with Gasteiger partial charge in [-0.3, -0.25) is 9.59 Å². The number of primary amides is 1. The van der Waals surface area contributed by atoms with E-state index in [4.69, 9.17) is 5.73 Å². The predicted molar refractivity (Wildman–Crippen MR) is 96.0 cm³/mol. The van der Waals surface area contributed by atoms with E-state index in [1.807, 2.05) is 13.8 Å². The molecule has 0 saturated heterocycles. The highest BCUT2D eigenvalue weighted by Crippen LogP contribution is 2.40. The van der Waals surface area contributed by atoms with Crippen molar-refractivity contribution in [1.82, 2.24) is 0 Å². The molecule has 1 heterocycles. The van der Waals surface area contributed by atoms with Gasteiger partial charge in [0, 0.05) is 10.8 Å². The van der Waals surface area contributed by atoms with Crippen LogP contribution in [-0.2, 0) is 17.6 Å². The number of fused-ring (bicyclic) bond motifs is 1. The Labute approximate surface area is 142 Å². The molecule has 4 nitrogen and oxygen atoms in total. The SMILES string of the molecule is CCCC1CCc2c(sc(NC(=O)C(CC)CC)c2C(N)=O)C1. The summed E-state index contributed by atoms with van der Waals surface area (Å²) < 4.78 is 0. The van der Waals surface area contributed by atoms with Crippen molar-refractivity contribution >= 4 is 28.2 Å². The zero-order valence-corrected chi connectivity index (χ0v) is 15.2. The molecule has 2 amide bonds. The van der Waals surface area contributed by atoms with Gasteiger partial charge in [-0.2, -0.15) is 0 Å². The molecule has 1 aliphatic rings. The lowest BCUT2D eigenvalue weighted by molar-refractivity contribution is -0.120. The zero-order chi connectivity index (χ0) is 17.0. The average Bonchev–Trinajstić information content (AvgIpc) is 2.85. The van der Waals surface area contributed by atoms with Gasteiger partial charge < -0.3 is 11.1 Å². The van der Waals surface area contributed by atoms with E-state index in [9.17, 15) is 9.59 Å². The van der Waals surface area contributed by atoms with Crippen LogP contribution in [0.3, 0.4) is 0 Å². The number of anilines is 1. The summed E-state index contributed by atoms with van der Waals surface area (Å²) in [6.45, 7) is 6.23. The van der Waals surface area contributed by atoms with E-state index in [-0.39, 0.29) is 11.8 Å². The van der Waals surface area contributed by atoms with Gasteiger partial charge in [0.15, 0.2) is 0 Å². The van der Waals surface area contributed by atoms with Crippen molar-refractivity contribution in [2.45, 2.75) is 65.7 Å². The number of carbonyl (C=O) groups is 2. The fourth-order valence-corrected chi connectivity index (χ4v) is 4.90. The molecule has 1 unspecified atom stereocenters. The molecule has 0 aliphatic heterocycles. The van der Waals surface area contributed by atoms with Crippen LogP contribution in [0.15, 0.2) is 0 Å². The molecular weight excluding hydrogens is 308 g/mol. The van der Waals surface area contributed by atoms with E-state index in [0.29, 0.717) is 16.5 Å². The summed E-state index contributed by atoms with van der Waals surface area (Å²) in [7, 11) is 0. The molecule has 1 aliphatic carbocycles. The molecule has 0 fully saturated rings. The fraction of sp³-hybridized carbons (Fsp3) is 0.667. The summed E-state index contributed by atoms with van der Waals surface area (Å²) in [5, 5.41) is 3.64. The largest absolute Gasteiger partial charge is 0.365 e. The third-order valence-electron chi connectivity index (χ3n) is 4.90. The fourth-order valence-electron chi connectivity index (χ4n) is 3.53. The summed E-state index contributed by atoms with van der Waals surface area (Å²) in [5.41, 5.74) is 7.24. The monoisotopic (exact) mass is 336 g/mol. The van der Waals surface area contributed by atoms with Gasteiger partial charge in [-0.25, -0.2) is 0 Å². The first-order valence-electron chi connectivity index (χ1n) is 8.76. The van der Waals surface area contributed by atoms with Crippen LogP contribution in [0, 0.1) is 11.8 Å². The Kier molecular flexibility index (Phi) is 6.22. The first kappa shape index (κ1) is 18.0. The maximum Gasteiger partial charge on any atom is 0.251 e. The number of hydrogen-bond donors (Lipinski definition) is 2. The minimum absolute atomic E-state index is 0.00112. The number of amides is 2. The second-order valence-electron chi connectivity index (χ2n) is 6.47. The minimum atomic E-state index is -0.420. The molecule has 5 heteroatoms. The zero-order valence-electron chi connectivity index (χ0n) is 14.4. The van der Waals surface area contributed by atoms with Crippen LogP contribution in [0.1, 0.15) is 73.7 Å². The van der Waals surface area contributed by atoms with Crippen molar-refractivity contribution in [3.05, 3.63) is 16.0 Å². The second kappa shape index (κ2) is 7.95. The van der Waals surface area contributed by atoms with Crippen molar-refractivity contribution < 1.29 is 9.59 Å². The van der Waals surface area contributed by atoms with E-state index in [1.165, 1.54) is 17.7 Å². The molecule has 3 N–H and O–H groups in total. The van der Waals surface area contributed by atoms with E-state index in [1.54, 1.807) is 11.3 Å². The molecule has 0 bridgehead atoms. The molecule has 1 aromatic rings. The molecule has 0 radical (unpaired) electrons. The topological polar surface area (TPSA) is 72.2 Å². The number of nitrogens with two attached hydrogens (primary N) is 1. The van der Waals surface area contributed by atoms with Gasteiger partial charge in [-0.1, -0.05) is 33.6 Å². The van der Waals surface area contributed by atoms with Gasteiger partial charge in [0.1, 0.15) is 5.00 Å². The summed E-state index contributed by atoms with van der Waals surface area (Å²) in [4.78, 5) is 25.5. The Balaban J connectivity index is 2.27. The number of thiophene rings is 1. The highest BCUT2D eigenvalue weighted by atomic mass is 32.1. The lowest BCUT2D eigenvalue weighted by Gasteiger charge is -2.21. The number of rotatable bonds is 7. The van der Waals surface area contributed by atoms with Gasteiger partial charge >= 0.3 is 0 Å². The first-order valence-corrected chi connectivity index (χ1v) is 9.58. The van der Waals surface area contributed by atoms with Crippen LogP contribution < -0.4 is 11.1 Å². The third kappa shape index (κ3) is 3.94. The number of hydrogen-bond acceptors (Lipinski definition) is 3. The van der Waals surface area contributed by atoms with Crippen molar-refractivity contribution in [3.8, 4) is 0 Å². The molecule has 2 rings (SSSR count). The third-order valence-corrected chi connectivity index (χ3v) is 6.07. The highest BCUT2D eigenvalue weighted by molar-refractivity contribution is 7.17. The Hall–Kier alpha value is -1.36. The van der Waals surface area contributed by atoms with Crippen LogP contribution in [0.5, 0.6) is 0 Å². The van der Waals surface area contributed by atoms with Gasteiger partial charge in [-0.05, 0) is 43.6 Å². The Morgan fingerprint density at radius 3 is 2.57 bits per heavy atom. The van der Waals surface area contributed by atoms with E-state index < -0.39 is 5.91 Å². The molecule has 1 aromatic heterocycles. The first-order chi connectivity index (χ1) is 11.0. The van der Waals surface area contributed by atoms with Crippen LogP contribution in [0.2, 0.25) is 0 Å². The lowest BCUT2D eigenvalue weighted by atomic mass is 9.84. The van der Waals surface area contributed by atoms with Crippen LogP contribution in [0.25, 0.3) is 0 Å². The van der Waals surface area contributed by atoms with Crippen molar-refractivity contribution in [2.75, 3.05) is 5.32 Å². The molecule has 0 saturated carbocycles. The molecule has 128 valence electrons. The molecular formula is C18H28N2O2S. The van der Waals surface area contributed by atoms with Crippen LogP contribution >= 0.6 is 11.3 Å². The second-order valence-corrected chi connectivity index (χ2v) is 7.58. The van der Waals surface area contributed by atoms with E-state index >= 15 is 0 Å². The summed E-state index contributed by atoms with van der Waals surface area (Å²) in [5.74, 6) is 0.259. The number of carbonyl (C=O) groups excluding carboxylic acids is 2. The smallest absolute Gasteiger partial charge is 0.251 e. The quantitative estimate of drug-likeness (QED) is 0.786. The maximum absolute atomic E-state index is 12.4. The molecule has 23 heavy (non-hydrogen) atoms. The highest BCUT2D eigenvalue weighted by Gasteiger charge is 2.29. The maximum atomic E-state index is 12.4. The minimum Gasteiger partial charge on any atom is -0.365 e. The standard InChI is InChI=1S/C18H28N2O2S/c1-4-7-11-8-9-13-14(10-11)23-18(15(13)16(19)21)20-17(22)12(5-2)6-3/h11-12H,4-10H2,1-3H3,(H2,19,21)(H,20,22). The van der Waals surface area contributed by atoms with Crippen molar-refractivity contribution in [2.24, 2.45) is 17.6 Å². The predicted octanol–water partition coefficient (Wildman–Crippen LogP) is 4.13. The van der Waals surface area contributed by atoms with Crippen LogP contribution in [-0.4, -0.2) is 11.8 Å². The summed E-state index contributed by atoms with van der Waals surface area (Å²) in [6.07, 6.45) is 7.03. The lowest BCUT2D eigenvalue weighted by Crippen LogP contribution is -2.23.